The van der Waals surface area contributed by atoms with Gasteiger partial charge in [0.05, 0.1) is 14.2 Å². The molecule has 0 spiro atoms. The monoisotopic (exact) mass is 292 g/mol. The summed E-state index contributed by atoms with van der Waals surface area (Å²) in [6.45, 7) is 0. The van der Waals surface area contributed by atoms with E-state index in [1.165, 1.54) is 0 Å². The SMILES string of the molecule is COc1ccc(-c2cccc(Br)c2)c(OC)c1. The first-order valence-electron chi connectivity index (χ1n) is 5.22. The third kappa shape index (κ3) is 2.61. The van der Waals surface area contributed by atoms with E-state index in [-0.39, 0.29) is 0 Å². The van der Waals surface area contributed by atoms with E-state index in [0.717, 1.165) is 27.1 Å². The molecule has 2 aromatic rings. The van der Waals surface area contributed by atoms with Gasteiger partial charge in [-0.3, -0.25) is 0 Å². The summed E-state index contributed by atoms with van der Waals surface area (Å²) in [6, 6.07) is 13.9. The molecule has 2 rings (SSSR count). The average Bonchev–Trinajstić information content (AvgIpc) is 2.38. The number of benzene rings is 2. The van der Waals surface area contributed by atoms with Gasteiger partial charge in [-0.1, -0.05) is 28.1 Å². The lowest BCUT2D eigenvalue weighted by Gasteiger charge is -2.10. The number of hydrogen-bond donors (Lipinski definition) is 0. The van der Waals surface area contributed by atoms with Gasteiger partial charge in [0.25, 0.3) is 0 Å². The second-order valence-corrected chi connectivity index (χ2v) is 4.49. The molecule has 2 aromatic carbocycles. The number of ether oxygens (including phenoxy) is 2. The highest BCUT2D eigenvalue weighted by Gasteiger charge is 2.07. The fourth-order valence-electron chi connectivity index (χ4n) is 1.69. The van der Waals surface area contributed by atoms with E-state index >= 15 is 0 Å². The number of rotatable bonds is 3. The quantitative estimate of drug-likeness (QED) is 0.847. The molecule has 88 valence electrons. The van der Waals surface area contributed by atoms with Crippen molar-refractivity contribution >= 4 is 15.9 Å². The van der Waals surface area contributed by atoms with Crippen molar-refractivity contribution in [3.05, 3.63) is 46.9 Å². The molecule has 0 saturated heterocycles. The maximum Gasteiger partial charge on any atom is 0.130 e. The average molecular weight is 293 g/mol. The summed E-state index contributed by atoms with van der Waals surface area (Å²) in [4.78, 5) is 0. The van der Waals surface area contributed by atoms with Crippen LogP contribution in [0.25, 0.3) is 11.1 Å². The molecule has 0 aliphatic rings. The Kier molecular flexibility index (Phi) is 3.69. The first-order chi connectivity index (χ1) is 8.24. The molecule has 3 heteroatoms. The van der Waals surface area contributed by atoms with Crippen LogP contribution in [0.3, 0.4) is 0 Å². The van der Waals surface area contributed by atoms with Crippen molar-refractivity contribution in [1.29, 1.82) is 0 Å². The highest BCUT2D eigenvalue weighted by Crippen LogP contribution is 2.34. The van der Waals surface area contributed by atoms with Crippen molar-refractivity contribution in [2.45, 2.75) is 0 Å². The molecule has 0 unspecified atom stereocenters. The molecule has 0 saturated carbocycles. The summed E-state index contributed by atoms with van der Waals surface area (Å²) < 4.78 is 11.6. The predicted molar refractivity (Wildman–Crippen MR) is 72.7 cm³/mol. The van der Waals surface area contributed by atoms with E-state index < -0.39 is 0 Å². The van der Waals surface area contributed by atoms with Crippen molar-refractivity contribution in [2.24, 2.45) is 0 Å². The summed E-state index contributed by atoms with van der Waals surface area (Å²) in [5, 5.41) is 0. The first-order valence-corrected chi connectivity index (χ1v) is 6.02. The van der Waals surface area contributed by atoms with Gasteiger partial charge in [-0.15, -0.1) is 0 Å². The predicted octanol–water partition coefficient (Wildman–Crippen LogP) is 4.13. The molecule has 2 nitrogen and oxygen atoms in total. The first kappa shape index (κ1) is 12.0. The van der Waals surface area contributed by atoms with Crippen molar-refractivity contribution in [3.63, 3.8) is 0 Å². The van der Waals surface area contributed by atoms with Gasteiger partial charge in [-0.05, 0) is 29.8 Å². The lowest BCUT2D eigenvalue weighted by atomic mass is 10.0. The van der Waals surface area contributed by atoms with E-state index in [1.807, 2.05) is 30.3 Å². The largest absolute Gasteiger partial charge is 0.497 e. The lowest BCUT2D eigenvalue weighted by molar-refractivity contribution is 0.395. The Morgan fingerprint density at radius 1 is 0.941 bits per heavy atom. The number of halogens is 1. The van der Waals surface area contributed by atoms with Crippen molar-refractivity contribution in [1.82, 2.24) is 0 Å². The van der Waals surface area contributed by atoms with Crippen LogP contribution in [-0.4, -0.2) is 14.2 Å². The number of hydrogen-bond acceptors (Lipinski definition) is 2. The van der Waals surface area contributed by atoms with E-state index in [0.29, 0.717) is 0 Å². The Morgan fingerprint density at radius 2 is 1.76 bits per heavy atom. The molecule has 0 amide bonds. The number of methoxy groups -OCH3 is 2. The molecule has 0 radical (unpaired) electrons. The van der Waals surface area contributed by atoms with Crippen LogP contribution in [-0.2, 0) is 0 Å². The molecule has 17 heavy (non-hydrogen) atoms. The van der Waals surface area contributed by atoms with Crippen molar-refractivity contribution < 1.29 is 9.47 Å². The Hall–Kier alpha value is -1.48. The zero-order chi connectivity index (χ0) is 12.3. The van der Waals surface area contributed by atoms with Crippen LogP contribution in [0.1, 0.15) is 0 Å². The maximum absolute atomic E-state index is 5.39. The molecule has 0 atom stereocenters. The third-order valence-corrected chi connectivity index (χ3v) is 3.04. The molecule has 0 aliphatic heterocycles. The van der Waals surface area contributed by atoms with Crippen molar-refractivity contribution in [3.8, 4) is 22.6 Å². The van der Waals surface area contributed by atoms with Crippen LogP contribution in [0.2, 0.25) is 0 Å². The van der Waals surface area contributed by atoms with Gasteiger partial charge in [0, 0.05) is 16.1 Å². The highest BCUT2D eigenvalue weighted by molar-refractivity contribution is 9.10. The molecule has 0 bridgehead atoms. The third-order valence-electron chi connectivity index (χ3n) is 2.54. The van der Waals surface area contributed by atoms with Crippen molar-refractivity contribution in [2.75, 3.05) is 14.2 Å². The molecule has 0 aliphatic carbocycles. The molecule has 0 N–H and O–H groups in total. The minimum Gasteiger partial charge on any atom is -0.497 e. The molecule has 0 fully saturated rings. The molecule has 0 heterocycles. The molecule has 0 aromatic heterocycles. The van der Waals surface area contributed by atoms with Gasteiger partial charge < -0.3 is 9.47 Å². The Bertz CT molecular complexity index is 523. The van der Waals surface area contributed by atoms with Crippen LogP contribution in [0.5, 0.6) is 11.5 Å². The summed E-state index contributed by atoms with van der Waals surface area (Å²) in [6.07, 6.45) is 0. The van der Waals surface area contributed by atoms with Crippen LogP contribution in [0, 0.1) is 0 Å². The van der Waals surface area contributed by atoms with Gasteiger partial charge in [0.1, 0.15) is 11.5 Å². The van der Waals surface area contributed by atoms with Gasteiger partial charge in [0.15, 0.2) is 0 Å². The molecular formula is C14H13BrO2. The van der Waals surface area contributed by atoms with Gasteiger partial charge >= 0.3 is 0 Å². The summed E-state index contributed by atoms with van der Waals surface area (Å²) in [5.74, 6) is 1.60. The van der Waals surface area contributed by atoms with Crippen LogP contribution in [0.4, 0.5) is 0 Å². The van der Waals surface area contributed by atoms with Crippen LogP contribution in [0.15, 0.2) is 46.9 Å². The zero-order valence-electron chi connectivity index (χ0n) is 9.74. The topological polar surface area (TPSA) is 18.5 Å². The standard InChI is InChI=1S/C14H13BrO2/c1-16-12-6-7-13(14(9-12)17-2)10-4-3-5-11(15)8-10/h3-9H,1-2H3. The van der Waals surface area contributed by atoms with E-state index in [9.17, 15) is 0 Å². The normalized spacial score (nSPS) is 10.1. The fourth-order valence-corrected chi connectivity index (χ4v) is 2.09. The minimum absolute atomic E-state index is 0.792. The molecular weight excluding hydrogens is 280 g/mol. The highest BCUT2D eigenvalue weighted by atomic mass is 79.9. The van der Waals surface area contributed by atoms with Gasteiger partial charge in [-0.2, -0.15) is 0 Å². The van der Waals surface area contributed by atoms with E-state index in [2.05, 4.69) is 28.1 Å². The van der Waals surface area contributed by atoms with Crippen LogP contribution < -0.4 is 9.47 Å². The second-order valence-electron chi connectivity index (χ2n) is 3.58. The second kappa shape index (κ2) is 5.23. The lowest BCUT2D eigenvalue weighted by Crippen LogP contribution is -1.90. The maximum atomic E-state index is 5.39. The summed E-state index contributed by atoms with van der Waals surface area (Å²) >= 11 is 3.47. The fraction of sp³-hybridized carbons (Fsp3) is 0.143. The summed E-state index contributed by atoms with van der Waals surface area (Å²) in [7, 11) is 3.31. The Balaban J connectivity index is 2.51. The van der Waals surface area contributed by atoms with Gasteiger partial charge in [0.2, 0.25) is 0 Å². The van der Waals surface area contributed by atoms with Crippen LogP contribution >= 0.6 is 15.9 Å². The minimum atomic E-state index is 0.792. The Morgan fingerprint density at radius 3 is 2.41 bits per heavy atom. The van der Waals surface area contributed by atoms with E-state index in [4.69, 9.17) is 9.47 Å². The zero-order valence-corrected chi connectivity index (χ0v) is 11.3. The van der Waals surface area contributed by atoms with Gasteiger partial charge in [-0.25, -0.2) is 0 Å². The van der Waals surface area contributed by atoms with E-state index in [1.54, 1.807) is 14.2 Å². The Labute approximate surface area is 109 Å². The summed E-state index contributed by atoms with van der Waals surface area (Å²) in [5.41, 5.74) is 2.16. The smallest absolute Gasteiger partial charge is 0.130 e.